The first kappa shape index (κ1) is 19.5. The van der Waals surface area contributed by atoms with Crippen molar-refractivity contribution >= 4 is 17.6 Å². The predicted octanol–water partition coefficient (Wildman–Crippen LogP) is 4.50. The van der Waals surface area contributed by atoms with Gasteiger partial charge < -0.3 is 10.2 Å². The first-order valence-electron chi connectivity index (χ1n) is 8.89. The molecule has 2 aliphatic carbocycles. The lowest BCUT2D eigenvalue weighted by Gasteiger charge is -2.29. The van der Waals surface area contributed by atoms with E-state index in [4.69, 9.17) is 11.6 Å². The summed E-state index contributed by atoms with van der Waals surface area (Å²) in [5.74, 6) is -0.359. The highest BCUT2D eigenvalue weighted by atomic mass is 35.5. The third-order valence-corrected chi connectivity index (χ3v) is 6.92. The third kappa shape index (κ3) is 2.74. The maximum Gasteiger partial charge on any atom is 0.311 e. The summed E-state index contributed by atoms with van der Waals surface area (Å²) >= 11 is 6.28. The number of carboxylic acid groups (broad SMARTS) is 1. The number of hydrogen-bond acceptors (Lipinski definition) is 2. The summed E-state index contributed by atoms with van der Waals surface area (Å²) in [6, 6.07) is 0. The van der Waals surface area contributed by atoms with Gasteiger partial charge in [0.2, 0.25) is 0 Å². The fourth-order valence-electron chi connectivity index (χ4n) is 5.35. The molecule has 0 bridgehead atoms. The maximum absolute atomic E-state index is 12.4. The van der Waals surface area contributed by atoms with Gasteiger partial charge in [0.25, 0.3) is 0 Å². The first-order valence-corrected chi connectivity index (χ1v) is 9.43. The monoisotopic (exact) mass is 354 g/mol. The van der Waals surface area contributed by atoms with Crippen molar-refractivity contribution < 1.29 is 15.0 Å². The number of alkyl halides is 1. The smallest absolute Gasteiger partial charge is 0.311 e. The Kier molecular flexibility index (Phi) is 5.56. The van der Waals surface area contributed by atoms with Crippen molar-refractivity contribution in [1.82, 2.24) is 0 Å². The minimum Gasteiger partial charge on any atom is -0.481 e. The van der Waals surface area contributed by atoms with E-state index in [1.54, 1.807) is 0 Å². The second-order valence-corrected chi connectivity index (χ2v) is 8.62. The van der Waals surface area contributed by atoms with E-state index >= 15 is 0 Å². The zero-order valence-electron chi connectivity index (χ0n) is 15.4. The summed E-state index contributed by atoms with van der Waals surface area (Å²) < 4.78 is 0. The standard InChI is InChI=1S/C20H31ClO3/c1-6-7-8-13-14(11-21)15(10-16(13)22)20(18(23)24)17(9-12(2)3)19(20,4)5/h6-7,9,13-17,22H,8,10-11H2,1-5H3,(H,23,24)/b7-6-/t13-,14-,15+,16+,17+,20+/m0/s1. The molecule has 0 aliphatic heterocycles. The molecule has 0 spiro atoms. The van der Waals surface area contributed by atoms with Gasteiger partial charge in [0.05, 0.1) is 11.5 Å². The fraction of sp³-hybridized carbons (Fsp3) is 0.750. The van der Waals surface area contributed by atoms with Gasteiger partial charge in [-0.25, -0.2) is 0 Å². The van der Waals surface area contributed by atoms with Crippen molar-refractivity contribution in [1.29, 1.82) is 0 Å². The molecule has 0 aromatic heterocycles. The minimum absolute atomic E-state index is 0.00381. The Morgan fingerprint density at radius 3 is 2.38 bits per heavy atom. The molecule has 0 heterocycles. The van der Waals surface area contributed by atoms with Crippen LogP contribution in [0.3, 0.4) is 0 Å². The van der Waals surface area contributed by atoms with Crippen LogP contribution < -0.4 is 0 Å². The molecular weight excluding hydrogens is 324 g/mol. The van der Waals surface area contributed by atoms with Crippen molar-refractivity contribution in [2.75, 3.05) is 5.88 Å². The Morgan fingerprint density at radius 1 is 1.29 bits per heavy atom. The van der Waals surface area contributed by atoms with E-state index < -0.39 is 17.5 Å². The second-order valence-electron chi connectivity index (χ2n) is 8.31. The van der Waals surface area contributed by atoms with Crippen LogP contribution in [0.4, 0.5) is 0 Å². The number of rotatable bonds is 6. The van der Waals surface area contributed by atoms with Gasteiger partial charge in [-0.2, -0.15) is 0 Å². The number of aliphatic hydroxyl groups is 1. The molecule has 0 amide bonds. The SMILES string of the molecule is C/C=C\C[C@H]1[C@H](CCl)[C@H]([C@]2(C(=O)O)[C@H](C=C(C)C)C2(C)C)C[C@H]1O. The zero-order valence-corrected chi connectivity index (χ0v) is 16.2. The van der Waals surface area contributed by atoms with Gasteiger partial charge in [0.15, 0.2) is 0 Å². The van der Waals surface area contributed by atoms with Crippen molar-refractivity contribution in [2.45, 2.75) is 53.6 Å². The lowest BCUT2D eigenvalue weighted by molar-refractivity contribution is -0.148. The minimum atomic E-state index is -0.824. The Bertz CT molecular complexity index is 547. The zero-order chi connectivity index (χ0) is 18.3. The van der Waals surface area contributed by atoms with Crippen LogP contribution in [-0.2, 0) is 4.79 Å². The number of carbonyl (C=O) groups is 1. The fourth-order valence-corrected chi connectivity index (χ4v) is 5.79. The highest BCUT2D eigenvalue weighted by molar-refractivity contribution is 6.18. The molecule has 0 aromatic carbocycles. The van der Waals surface area contributed by atoms with Gasteiger partial charge in [0, 0.05) is 11.8 Å². The highest BCUT2D eigenvalue weighted by Crippen LogP contribution is 2.76. The van der Waals surface area contributed by atoms with E-state index in [1.165, 1.54) is 0 Å². The molecule has 3 nitrogen and oxygen atoms in total. The van der Waals surface area contributed by atoms with Gasteiger partial charge in [0.1, 0.15) is 0 Å². The lowest BCUT2D eigenvalue weighted by Crippen LogP contribution is -2.35. The summed E-state index contributed by atoms with van der Waals surface area (Å²) in [4.78, 5) is 12.4. The number of halogens is 1. The Hall–Kier alpha value is -0.800. The van der Waals surface area contributed by atoms with Gasteiger partial charge >= 0.3 is 5.97 Å². The lowest BCUT2D eigenvalue weighted by atomic mass is 9.74. The van der Waals surface area contributed by atoms with Crippen LogP contribution in [0, 0.1) is 34.5 Å². The Balaban J connectivity index is 2.43. The van der Waals surface area contributed by atoms with E-state index in [9.17, 15) is 15.0 Å². The third-order valence-electron chi connectivity index (χ3n) is 6.57. The first-order chi connectivity index (χ1) is 11.2. The van der Waals surface area contributed by atoms with E-state index in [-0.39, 0.29) is 29.1 Å². The topological polar surface area (TPSA) is 57.5 Å². The van der Waals surface area contributed by atoms with Gasteiger partial charge in [-0.05, 0) is 56.8 Å². The van der Waals surface area contributed by atoms with Crippen LogP contribution in [0.2, 0.25) is 0 Å². The van der Waals surface area contributed by atoms with E-state index in [1.807, 2.05) is 40.7 Å². The number of allylic oxidation sites excluding steroid dienone is 4. The van der Waals surface area contributed by atoms with Crippen LogP contribution >= 0.6 is 11.6 Å². The number of aliphatic carboxylic acids is 1. The quantitative estimate of drug-likeness (QED) is 0.545. The molecule has 4 heteroatoms. The second kappa shape index (κ2) is 6.84. The average Bonchev–Trinajstić information content (AvgIpc) is 2.80. The normalized spacial score (nSPS) is 40.7. The highest BCUT2D eigenvalue weighted by Gasteiger charge is 2.79. The van der Waals surface area contributed by atoms with Crippen molar-refractivity contribution in [3.05, 3.63) is 23.8 Å². The molecule has 6 atom stereocenters. The Labute approximate surface area is 150 Å². The molecule has 0 unspecified atom stereocenters. The molecule has 2 aliphatic rings. The summed E-state index contributed by atoms with van der Waals surface area (Å²) in [6.07, 6.45) is 6.94. The number of aliphatic hydroxyl groups excluding tert-OH is 1. The molecule has 2 saturated carbocycles. The molecular formula is C20H31ClO3. The molecule has 0 aromatic rings. The van der Waals surface area contributed by atoms with Gasteiger partial charge in [-0.1, -0.05) is 37.6 Å². The van der Waals surface area contributed by atoms with Crippen LogP contribution in [0.25, 0.3) is 0 Å². The number of carboxylic acids is 1. The molecule has 24 heavy (non-hydrogen) atoms. The average molecular weight is 355 g/mol. The predicted molar refractivity (Wildman–Crippen MR) is 98.0 cm³/mol. The summed E-state index contributed by atoms with van der Waals surface area (Å²) in [5.41, 5.74) is -0.00176. The van der Waals surface area contributed by atoms with Crippen LogP contribution in [0.5, 0.6) is 0 Å². The molecule has 0 saturated heterocycles. The number of hydrogen-bond donors (Lipinski definition) is 2. The van der Waals surface area contributed by atoms with Crippen molar-refractivity contribution in [3.8, 4) is 0 Å². The summed E-state index contributed by atoms with van der Waals surface area (Å²) in [5, 5.41) is 20.8. The summed E-state index contributed by atoms with van der Waals surface area (Å²) in [7, 11) is 0. The van der Waals surface area contributed by atoms with Crippen LogP contribution in [0.1, 0.15) is 47.5 Å². The van der Waals surface area contributed by atoms with Crippen LogP contribution in [0.15, 0.2) is 23.8 Å². The van der Waals surface area contributed by atoms with E-state index in [0.717, 1.165) is 12.0 Å². The maximum atomic E-state index is 12.4. The molecule has 0 radical (unpaired) electrons. The molecule has 2 N–H and O–H groups in total. The largest absolute Gasteiger partial charge is 0.481 e. The molecule has 136 valence electrons. The van der Waals surface area contributed by atoms with Crippen molar-refractivity contribution in [3.63, 3.8) is 0 Å². The van der Waals surface area contributed by atoms with E-state index in [0.29, 0.717) is 12.3 Å². The molecule has 2 fully saturated rings. The van der Waals surface area contributed by atoms with Crippen LogP contribution in [-0.4, -0.2) is 28.2 Å². The summed E-state index contributed by atoms with van der Waals surface area (Å²) in [6.45, 7) is 10.1. The van der Waals surface area contributed by atoms with Crippen molar-refractivity contribution in [2.24, 2.45) is 34.5 Å². The van der Waals surface area contributed by atoms with Gasteiger partial charge in [-0.3, -0.25) is 4.79 Å². The Morgan fingerprint density at radius 2 is 1.92 bits per heavy atom. The van der Waals surface area contributed by atoms with Gasteiger partial charge in [-0.15, -0.1) is 11.6 Å². The van der Waals surface area contributed by atoms with E-state index in [2.05, 4.69) is 12.2 Å². The molecule has 2 rings (SSSR count).